The molecule has 4 aromatic rings. The van der Waals surface area contributed by atoms with Gasteiger partial charge in [-0.05, 0) is 36.2 Å². The Hall–Kier alpha value is -3.37. The van der Waals surface area contributed by atoms with Crippen molar-refractivity contribution in [3.05, 3.63) is 70.0 Å². The average molecular weight is 483 g/mol. The molecule has 0 saturated carbocycles. The number of thioether (sulfide) groups is 1. The number of carbonyl (C=O) groups is 1. The number of hydrogen-bond donors (Lipinski definition) is 1. The number of ether oxygens (including phenoxy) is 2. The van der Waals surface area contributed by atoms with Gasteiger partial charge in [0.2, 0.25) is 5.91 Å². The molecule has 0 aliphatic heterocycles. The number of benzene rings is 2. The third kappa shape index (κ3) is 5.35. The van der Waals surface area contributed by atoms with E-state index in [1.807, 2.05) is 30.3 Å². The highest BCUT2D eigenvalue weighted by atomic mass is 32.2. The number of aryl methyl sites for hydroxylation is 1. The van der Waals surface area contributed by atoms with Crippen molar-refractivity contribution >= 4 is 45.0 Å². The number of nitrogens with zero attached hydrogens (tertiary/aromatic N) is 3. The summed E-state index contributed by atoms with van der Waals surface area (Å²) in [6.45, 7) is 0.405. The van der Waals surface area contributed by atoms with Crippen molar-refractivity contribution in [2.45, 2.75) is 18.1 Å². The van der Waals surface area contributed by atoms with Crippen LogP contribution in [0.2, 0.25) is 0 Å². The predicted octanol–water partition coefficient (Wildman–Crippen LogP) is 3.84. The van der Waals surface area contributed by atoms with Gasteiger partial charge in [0.05, 0.1) is 30.9 Å². The Kier molecular flexibility index (Phi) is 7.26. The van der Waals surface area contributed by atoms with Gasteiger partial charge in [0, 0.05) is 18.1 Å². The molecule has 0 atom stereocenters. The molecule has 2 aromatic carbocycles. The lowest BCUT2D eigenvalue weighted by atomic mass is 10.1. The van der Waals surface area contributed by atoms with E-state index in [9.17, 15) is 9.59 Å². The van der Waals surface area contributed by atoms with Crippen LogP contribution in [0, 0.1) is 0 Å². The summed E-state index contributed by atoms with van der Waals surface area (Å²) in [6, 6.07) is 12.9. The Morgan fingerprint density at radius 1 is 1.15 bits per heavy atom. The molecule has 2 heterocycles. The van der Waals surface area contributed by atoms with E-state index in [0.29, 0.717) is 45.7 Å². The molecule has 0 aliphatic carbocycles. The summed E-state index contributed by atoms with van der Waals surface area (Å²) in [5.41, 5.74) is 1.46. The average Bonchev–Trinajstić information content (AvgIpc) is 3.35. The maximum atomic E-state index is 13.3. The number of hydrogen-bond acceptors (Lipinski definition) is 8. The van der Waals surface area contributed by atoms with Gasteiger partial charge in [-0.25, -0.2) is 9.97 Å². The van der Waals surface area contributed by atoms with Crippen molar-refractivity contribution in [3.63, 3.8) is 0 Å². The molecule has 2 aromatic heterocycles. The first-order chi connectivity index (χ1) is 16.1. The number of para-hydroxylation sites is 1. The van der Waals surface area contributed by atoms with Gasteiger partial charge in [-0.3, -0.25) is 14.2 Å². The lowest BCUT2D eigenvalue weighted by Gasteiger charge is -2.14. The van der Waals surface area contributed by atoms with Crippen LogP contribution >= 0.6 is 23.1 Å². The number of nitrogens with one attached hydrogen (secondary N) is 1. The van der Waals surface area contributed by atoms with Gasteiger partial charge >= 0.3 is 0 Å². The monoisotopic (exact) mass is 482 g/mol. The normalized spacial score (nSPS) is 10.8. The predicted molar refractivity (Wildman–Crippen MR) is 131 cm³/mol. The summed E-state index contributed by atoms with van der Waals surface area (Å²) >= 11 is 2.58. The first-order valence-corrected chi connectivity index (χ1v) is 12.0. The summed E-state index contributed by atoms with van der Waals surface area (Å²) in [6.07, 6.45) is 2.21. The van der Waals surface area contributed by atoms with E-state index in [2.05, 4.69) is 15.3 Å². The topological polar surface area (TPSA) is 95.3 Å². The number of fused-ring (bicyclic) bond motifs is 1. The van der Waals surface area contributed by atoms with E-state index in [-0.39, 0.29) is 17.2 Å². The van der Waals surface area contributed by atoms with Gasteiger partial charge in [0.15, 0.2) is 21.8 Å². The number of rotatable bonds is 9. The quantitative estimate of drug-likeness (QED) is 0.286. The zero-order chi connectivity index (χ0) is 23.2. The van der Waals surface area contributed by atoms with Crippen LogP contribution in [0.25, 0.3) is 10.9 Å². The molecule has 170 valence electrons. The Labute approximate surface area is 198 Å². The zero-order valence-corrected chi connectivity index (χ0v) is 19.7. The number of carbonyl (C=O) groups excluding carboxylic acids is 1. The third-order valence-electron chi connectivity index (χ3n) is 4.91. The SMILES string of the molecule is COc1ccc(CCn2c(SCC(=O)Nc3nccs3)nc3ccccc3c2=O)cc1OC. The Balaban J connectivity index is 1.58. The van der Waals surface area contributed by atoms with E-state index in [1.54, 1.807) is 42.5 Å². The molecule has 8 nitrogen and oxygen atoms in total. The number of anilines is 1. The maximum absolute atomic E-state index is 13.3. The second kappa shape index (κ2) is 10.5. The molecule has 1 amide bonds. The van der Waals surface area contributed by atoms with Crippen molar-refractivity contribution in [3.8, 4) is 11.5 Å². The second-order valence-electron chi connectivity index (χ2n) is 6.98. The smallest absolute Gasteiger partial charge is 0.262 e. The van der Waals surface area contributed by atoms with Gasteiger partial charge in [-0.15, -0.1) is 11.3 Å². The number of amides is 1. The van der Waals surface area contributed by atoms with Crippen molar-refractivity contribution in [1.82, 2.24) is 14.5 Å². The first-order valence-electron chi connectivity index (χ1n) is 10.1. The molecule has 1 N–H and O–H groups in total. The van der Waals surface area contributed by atoms with E-state index in [4.69, 9.17) is 9.47 Å². The summed E-state index contributed by atoms with van der Waals surface area (Å²) in [5, 5.41) is 6.12. The van der Waals surface area contributed by atoms with E-state index in [0.717, 1.165) is 5.56 Å². The second-order valence-corrected chi connectivity index (χ2v) is 8.82. The van der Waals surface area contributed by atoms with Crippen LogP contribution in [-0.2, 0) is 17.8 Å². The largest absolute Gasteiger partial charge is 0.493 e. The molecule has 0 fully saturated rings. The maximum Gasteiger partial charge on any atom is 0.262 e. The van der Waals surface area contributed by atoms with Crippen LogP contribution in [-0.4, -0.2) is 40.4 Å². The minimum absolute atomic E-state index is 0.112. The Morgan fingerprint density at radius 2 is 1.97 bits per heavy atom. The standard InChI is InChI=1S/C23H22N4O4S2/c1-30-18-8-7-15(13-19(18)31-2)9-11-27-21(29)16-5-3-4-6-17(16)25-23(27)33-14-20(28)26-22-24-10-12-32-22/h3-8,10,12-13H,9,11,14H2,1-2H3,(H,24,26,28). The number of methoxy groups -OCH3 is 2. The van der Waals surface area contributed by atoms with Crippen molar-refractivity contribution in [2.75, 3.05) is 25.3 Å². The molecule has 0 aliphatic rings. The number of aromatic nitrogens is 3. The van der Waals surface area contributed by atoms with Crippen LogP contribution in [0.1, 0.15) is 5.56 Å². The van der Waals surface area contributed by atoms with Crippen LogP contribution in [0.4, 0.5) is 5.13 Å². The van der Waals surface area contributed by atoms with Gasteiger partial charge in [0.1, 0.15) is 0 Å². The van der Waals surface area contributed by atoms with Crippen LogP contribution in [0.3, 0.4) is 0 Å². The minimum atomic E-state index is -0.205. The first kappa shape index (κ1) is 22.8. The molecule has 4 rings (SSSR count). The summed E-state index contributed by atoms with van der Waals surface area (Å²) < 4.78 is 12.3. The van der Waals surface area contributed by atoms with Gasteiger partial charge < -0.3 is 14.8 Å². The molecule has 0 spiro atoms. The van der Waals surface area contributed by atoms with Gasteiger partial charge in [-0.2, -0.15) is 0 Å². The van der Waals surface area contributed by atoms with Crippen molar-refractivity contribution in [2.24, 2.45) is 0 Å². The fourth-order valence-corrected chi connectivity index (χ4v) is 4.67. The molecule has 0 unspecified atom stereocenters. The molecule has 33 heavy (non-hydrogen) atoms. The lowest BCUT2D eigenvalue weighted by molar-refractivity contribution is -0.113. The molecular weight excluding hydrogens is 460 g/mol. The van der Waals surface area contributed by atoms with Gasteiger partial charge in [0.25, 0.3) is 5.56 Å². The highest BCUT2D eigenvalue weighted by molar-refractivity contribution is 7.99. The van der Waals surface area contributed by atoms with E-state index < -0.39 is 0 Å². The highest BCUT2D eigenvalue weighted by Gasteiger charge is 2.14. The highest BCUT2D eigenvalue weighted by Crippen LogP contribution is 2.28. The minimum Gasteiger partial charge on any atom is -0.493 e. The third-order valence-corrected chi connectivity index (χ3v) is 6.57. The fourth-order valence-electron chi connectivity index (χ4n) is 3.30. The molecular formula is C23H22N4O4S2. The summed E-state index contributed by atoms with van der Waals surface area (Å²) in [7, 11) is 3.18. The Bertz CT molecular complexity index is 1320. The van der Waals surface area contributed by atoms with Gasteiger partial charge in [-0.1, -0.05) is 30.0 Å². The molecule has 0 radical (unpaired) electrons. The Morgan fingerprint density at radius 3 is 2.73 bits per heavy atom. The van der Waals surface area contributed by atoms with Crippen LogP contribution < -0.4 is 20.3 Å². The molecule has 0 saturated heterocycles. The molecule has 10 heteroatoms. The van der Waals surface area contributed by atoms with Crippen molar-refractivity contribution < 1.29 is 14.3 Å². The van der Waals surface area contributed by atoms with E-state index in [1.165, 1.54) is 23.1 Å². The number of thiazole rings is 1. The summed E-state index contributed by atoms with van der Waals surface area (Å²) in [5.74, 6) is 1.19. The van der Waals surface area contributed by atoms with E-state index >= 15 is 0 Å². The van der Waals surface area contributed by atoms with Crippen molar-refractivity contribution in [1.29, 1.82) is 0 Å². The fraction of sp³-hybridized carbons (Fsp3) is 0.217. The zero-order valence-electron chi connectivity index (χ0n) is 18.1. The van der Waals surface area contributed by atoms with Crippen LogP contribution in [0.5, 0.6) is 11.5 Å². The van der Waals surface area contributed by atoms with Crippen LogP contribution in [0.15, 0.2) is 64.0 Å². The molecule has 0 bridgehead atoms. The summed E-state index contributed by atoms with van der Waals surface area (Å²) in [4.78, 5) is 34.3. The lowest BCUT2D eigenvalue weighted by Crippen LogP contribution is -2.25.